The molecule has 2 aliphatic carbocycles. The number of sulfonamides is 1. The molecule has 8 nitrogen and oxygen atoms in total. The van der Waals surface area contributed by atoms with Crippen molar-refractivity contribution in [2.24, 2.45) is 11.8 Å². The van der Waals surface area contributed by atoms with Gasteiger partial charge in [-0.2, -0.15) is 9.29 Å². The van der Waals surface area contributed by atoms with Crippen molar-refractivity contribution in [1.82, 2.24) is 19.8 Å². The van der Waals surface area contributed by atoms with Crippen LogP contribution in [0.3, 0.4) is 0 Å². The number of hydrogen-bond donors (Lipinski definition) is 1. The van der Waals surface area contributed by atoms with Crippen molar-refractivity contribution in [3.63, 3.8) is 0 Å². The second-order valence-electron chi connectivity index (χ2n) is 10.3. The Morgan fingerprint density at radius 3 is 2.62 bits per heavy atom. The Hall–Kier alpha value is -1.78. The predicted octanol–water partition coefficient (Wildman–Crippen LogP) is 4.47. The van der Waals surface area contributed by atoms with Crippen LogP contribution in [0.15, 0.2) is 15.5 Å². The molecule has 1 unspecified atom stereocenters. The fourth-order valence-electron chi connectivity index (χ4n) is 5.23. The van der Waals surface area contributed by atoms with E-state index in [0.29, 0.717) is 40.4 Å². The Labute approximate surface area is 205 Å². The number of amides is 1. The molecule has 3 aliphatic rings. The second-order valence-corrected chi connectivity index (χ2v) is 13.4. The monoisotopic (exact) mass is 506 g/mol. The molecule has 1 aliphatic heterocycles. The molecule has 2 aromatic heterocycles. The molecule has 3 heterocycles. The topological polar surface area (TPSA) is 105 Å². The molecule has 1 saturated heterocycles. The normalized spacial score (nSPS) is 26.8. The van der Waals surface area contributed by atoms with Gasteiger partial charge in [-0.1, -0.05) is 18.5 Å². The third-order valence-electron chi connectivity index (χ3n) is 7.72. The maximum Gasteiger partial charge on any atom is 0.244 e. The molecule has 34 heavy (non-hydrogen) atoms. The molecule has 2 aromatic rings. The highest BCUT2D eigenvalue weighted by molar-refractivity contribution is 7.89. The SMILES string of the molecule is Cc1sc(-c2noc(C3CCC3)n2)cc1S(=O)(=O)N1CCCC(C(=O)NC2CCC(C)CC2)C1. The fraction of sp³-hybridized carbons (Fsp3) is 0.708. The van der Waals surface area contributed by atoms with E-state index in [2.05, 4.69) is 22.4 Å². The van der Waals surface area contributed by atoms with Gasteiger partial charge in [0.15, 0.2) is 0 Å². The summed E-state index contributed by atoms with van der Waals surface area (Å²) in [5.41, 5.74) is 0. The molecule has 5 rings (SSSR count). The summed E-state index contributed by atoms with van der Waals surface area (Å²) in [6.45, 7) is 4.74. The summed E-state index contributed by atoms with van der Waals surface area (Å²) in [7, 11) is -3.71. The first-order valence-electron chi connectivity index (χ1n) is 12.6. The highest BCUT2D eigenvalue weighted by Crippen LogP contribution is 2.38. The third kappa shape index (κ3) is 4.81. The fourth-order valence-corrected chi connectivity index (χ4v) is 8.24. The van der Waals surface area contributed by atoms with Gasteiger partial charge in [0, 0.05) is 29.9 Å². The number of nitrogens with one attached hydrogen (secondary N) is 1. The largest absolute Gasteiger partial charge is 0.353 e. The van der Waals surface area contributed by atoms with E-state index in [1.807, 2.05) is 6.92 Å². The van der Waals surface area contributed by atoms with Crippen LogP contribution in [-0.4, -0.2) is 47.9 Å². The Morgan fingerprint density at radius 2 is 1.91 bits per heavy atom. The van der Waals surface area contributed by atoms with Gasteiger partial charge in [-0.05, 0) is 70.3 Å². The van der Waals surface area contributed by atoms with E-state index in [-0.39, 0.29) is 29.3 Å². The highest BCUT2D eigenvalue weighted by Gasteiger charge is 2.36. The van der Waals surface area contributed by atoms with Crippen LogP contribution in [0.2, 0.25) is 0 Å². The van der Waals surface area contributed by atoms with E-state index >= 15 is 0 Å². The number of nitrogens with zero attached hydrogens (tertiary/aromatic N) is 3. The van der Waals surface area contributed by atoms with Crippen molar-refractivity contribution < 1.29 is 17.7 Å². The van der Waals surface area contributed by atoms with Gasteiger partial charge in [0.25, 0.3) is 0 Å². The molecule has 0 radical (unpaired) electrons. The van der Waals surface area contributed by atoms with E-state index < -0.39 is 10.0 Å². The van der Waals surface area contributed by atoms with Crippen LogP contribution in [0.25, 0.3) is 10.7 Å². The number of aryl methyl sites for hydroxylation is 1. The molecule has 2 saturated carbocycles. The van der Waals surface area contributed by atoms with Gasteiger partial charge in [0.05, 0.1) is 15.7 Å². The van der Waals surface area contributed by atoms with Crippen molar-refractivity contribution in [3.8, 4) is 10.7 Å². The second kappa shape index (κ2) is 9.70. The minimum absolute atomic E-state index is 0.00231. The number of carbonyl (C=O) groups excluding carboxylic acids is 1. The van der Waals surface area contributed by atoms with E-state index in [4.69, 9.17) is 4.52 Å². The lowest BCUT2D eigenvalue weighted by Gasteiger charge is -2.33. The van der Waals surface area contributed by atoms with Gasteiger partial charge in [-0.3, -0.25) is 4.79 Å². The standard InChI is InChI=1S/C24H34N4O4S2/c1-15-8-10-19(11-9-15)25-23(29)18-7-4-12-28(14-18)34(30,31)21-13-20(33-16(21)2)22-26-24(32-27-22)17-5-3-6-17/h13,15,17-19H,3-12,14H2,1-2H3,(H,25,29). The molecule has 1 N–H and O–H groups in total. The Balaban J connectivity index is 1.27. The number of hydrogen-bond acceptors (Lipinski definition) is 7. The summed E-state index contributed by atoms with van der Waals surface area (Å²) in [6.07, 6.45) is 9.01. The molecule has 0 spiro atoms. The first kappa shape index (κ1) is 23.9. The highest BCUT2D eigenvalue weighted by atomic mass is 32.2. The van der Waals surface area contributed by atoms with Crippen molar-refractivity contribution in [1.29, 1.82) is 0 Å². The molecule has 186 valence electrons. The van der Waals surface area contributed by atoms with E-state index in [9.17, 15) is 13.2 Å². The van der Waals surface area contributed by atoms with Crippen LogP contribution in [0.5, 0.6) is 0 Å². The summed E-state index contributed by atoms with van der Waals surface area (Å²) >= 11 is 1.37. The van der Waals surface area contributed by atoms with Crippen LogP contribution in [0.4, 0.5) is 0 Å². The summed E-state index contributed by atoms with van der Waals surface area (Å²) in [6, 6.07) is 1.88. The van der Waals surface area contributed by atoms with Gasteiger partial charge in [0.1, 0.15) is 0 Å². The average Bonchev–Trinajstić information content (AvgIpc) is 3.41. The van der Waals surface area contributed by atoms with Crippen LogP contribution < -0.4 is 5.32 Å². The zero-order valence-electron chi connectivity index (χ0n) is 20.0. The summed E-state index contributed by atoms with van der Waals surface area (Å²) in [4.78, 5) is 19.1. The molecule has 1 atom stereocenters. The minimum Gasteiger partial charge on any atom is -0.353 e. The van der Waals surface area contributed by atoms with Crippen LogP contribution in [0, 0.1) is 18.8 Å². The number of rotatable bonds is 6. The van der Waals surface area contributed by atoms with Crippen molar-refractivity contribution >= 4 is 27.3 Å². The van der Waals surface area contributed by atoms with Crippen LogP contribution in [0.1, 0.15) is 81.4 Å². The third-order valence-corrected chi connectivity index (χ3v) is 10.9. The molecule has 10 heteroatoms. The first-order chi connectivity index (χ1) is 16.3. The Bertz CT molecular complexity index is 1130. The van der Waals surface area contributed by atoms with Gasteiger partial charge < -0.3 is 9.84 Å². The number of carbonyl (C=O) groups is 1. The lowest BCUT2D eigenvalue weighted by molar-refractivity contribution is -0.127. The van der Waals surface area contributed by atoms with Gasteiger partial charge in [-0.15, -0.1) is 11.3 Å². The Kier molecular flexibility index (Phi) is 6.83. The lowest BCUT2D eigenvalue weighted by atomic mass is 9.85. The zero-order chi connectivity index (χ0) is 23.9. The van der Waals surface area contributed by atoms with Gasteiger partial charge in [0.2, 0.25) is 27.6 Å². The van der Waals surface area contributed by atoms with Crippen LogP contribution >= 0.6 is 11.3 Å². The van der Waals surface area contributed by atoms with E-state index in [1.165, 1.54) is 22.1 Å². The predicted molar refractivity (Wildman–Crippen MR) is 130 cm³/mol. The molecular weight excluding hydrogens is 472 g/mol. The molecule has 1 amide bonds. The first-order valence-corrected chi connectivity index (χ1v) is 14.8. The van der Waals surface area contributed by atoms with Crippen molar-refractivity contribution in [2.45, 2.75) is 88.5 Å². The smallest absolute Gasteiger partial charge is 0.244 e. The van der Waals surface area contributed by atoms with E-state index in [1.54, 1.807) is 6.07 Å². The van der Waals surface area contributed by atoms with E-state index in [0.717, 1.165) is 50.9 Å². The summed E-state index contributed by atoms with van der Waals surface area (Å²) in [5, 5.41) is 7.29. The number of thiophene rings is 1. The van der Waals surface area contributed by atoms with Crippen molar-refractivity contribution in [2.75, 3.05) is 13.1 Å². The minimum atomic E-state index is -3.71. The summed E-state index contributed by atoms with van der Waals surface area (Å²) in [5.74, 6) is 1.85. The molecule has 3 fully saturated rings. The Morgan fingerprint density at radius 1 is 1.15 bits per heavy atom. The van der Waals surface area contributed by atoms with Crippen molar-refractivity contribution in [3.05, 3.63) is 16.8 Å². The zero-order valence-corrected chi connectivity index (χ0v) is 21.6. The van der Waals surface area contributed by atoms with Gasteiger partial charge >= 0.3 is 0 Å². The quantitative estimate of drug-likeness (QED) is 0.620. The molecular formula is C24H34N4O4S2. The van der Waals surface area contributed by atoms with Crippen LogP contribution in [-0.2, 0) is 14.8 Å². The molecule has 0 aromatic carbocycles. The molecule has 0 bridgehead atoms. The number of piperidine rings is 1. The maximum atomic E-state index is 13.6. The maximum absolute atomic E-state index is 13.6. The summed E-state index contributed by atoms with van der Waals surface area (Å²) < 4.78 is 34.0. The lowest BCUT2D eigenvalue weighted by Crippen LogP contribution is -2.48. The number of aromatic nitrogens is 2. The average molecular weight is 507 g/mol. The van der Waals surface area contributed by atoms with Gasteiger partial charge in [-0.25, -0.2) is 8.42 Å².